The van der Waals surface area contributed by atoms with Gasteiger partial charge in [-0.25, -0.2) is 9.59 Å². The lowest BCUT2D eigenvalue weighted by Crippen LogP contribution is -2.38. The smallest absolute Gasteiger partial charge is 0.337 e. The molecule has 1 unspecified atom stereocenters. The number of ether oxygens (including phenoxy) is 1. The van der Waals surface area contributed by atoms with E-state index in [4.69, 9.17) is 4.74 Å². The average molecular weight is 443 g/mol. The number of nitrogens with one attached hydrogen (secondary N) is 2. The molecule has 0 spiro atoms. The van der Waals surface area contributed by atoms with Crippen molar-refractivity contribution in [3.8, 4) is 0 Å². The summed E-state index contributed by atoms with van der Waals surface area (Å²) < 4.78 is 4.85. The van der Waals surface area contributed by atoms with E-state index in [-0.39, 0.29) is 12.1 Å². The number of likely N-dealkylation sites (tertiary alicyclic amines) is 1. The van der Waals surface area contributed by atoms with E-state index in [2.05, 4.69) is 37.9 Å². The lowest BCUT2D eigenvalue weighted by atomic mass is 10.1. The maximum absolute atomic E-state index is 12.8. The number of amides is 2. The Balaban J connectivity index is 1.47. The quantitative estimate of drug-likeness (QED) is 0.632. The molecule has 1 aromatic carbocycles. The van der Waals surface area contributed by atoms with Gasteiger partial charge in [-0.1, -0.05) is 6.07 Å². The van der Waals surface area contributed by atoms with E-state index >= 15 is 0 Å². The zero-order chi connectivity index (χ0) is 21.6. The molecule has 0 bridgehead atoms. The molecular formula is C23H30N4O3S. The molecule has 4 rings (SSSR count). The largest absolute Gasteiger partial charge is 0.465 e. The minimum atomic E-state index is -0.414. The molecule has 0 aliphatic carbocycles. The highest BCUT2D eigenvalue weighted by Gasteiger charge is 2.25. The van der Waals surface area contributed by atoms with Crippen LogP contribution >= 0.6 is 11.3 Å². The van der Waals surface area contributed by atoms with Gasteiger partial charge in [0.15, 0.2) is 0 Å². The summed E-state index contributed by atoms with van der Waals surface area (Å²) in [5.74, 6) is -0.414. The van der Waals surface area contributed by atoms with Crippen LogP contribution in [0, 0.1) is 0 Å². The van der Waals surface area contributed by atoms with Crippen LogP contribution in [0.1, 0.15) is 47.0 Å². The molecule has 2 fully saturated rings. The molecule has 1 atom stereocenters. The monoisotopic (exact) mass is 442 g/mol. The van der Waals surface area contributed by atoms with Crippen molar-refractivity contribution in [1.29, 1.82) is 0 Å². The Bertz CT molecular complexity index is 890. The van der Waals surface area contributed by atoms with E-state index in [0.29, 0.717) is 17.8 Å². The van der Waals surface area contributed by atoms with Gasteiger partial charge in [0.05, 0.1) is 30.1 Å². The first-order valence-electron chi connectivity index (χ1n) is 11.0. The minimum Gasteiger partial charge on any atom is -0.465 e. The van der Waals surface area contributed by atoms with Crippen LogP contribution in [0.5, 0.6) is 0 Å². The number of methoxy groups -OCH3 is 1. The number of rotatable bonds is 7. The first kappa shape index (κ1) is 21.6. The fourth-order valence-electron chi connectivity index (χ4n) is 4.41. The topological polar surface area (TPSA) is 73.9 Å². The van der Waals surface area contributed by atoms with Crippen LogP contribution < -0.4 is 15.5 Å². The highest BCUT2D eigenvalue weighted by Crippen LogP contribution is 2.31. The number of nitrogens with zero attached hydrogens (tertiary/aromatic N) is 2. The SMILES string of the molecule is COC(=O)c1ccc(N2CCCC2)c(NC(=O)NCC(c2cccs2)N2CCCC2)c1. The summed E-state index contributed by atoms with van der Waals surface area (Å²) in [5, 5.41) is 8.12. The molecule has 0 saturated carbocycles. The van der Waals surface area contributed by atoms with Crippen molar-refractivity contribution in [2.24, 2.45) is 0 Å². The van der Waals surface area contributed by atoms with Crippen LogP contribution in [-0.4, -0.2) is 56.7 Å². The Labute approximate surface area is 187 Å². The standard InChI is InChI=1S/C23H30N4O3S/c1-30-22(28)17-8-9-19(26-10-2-3-11-26)18(15-17)25-23(29)24-16-20(21-7-6-14-31-21)27-12-4-5-13-27/h6-9,14-15,20H,2-5,10-13,16H2,1H3,(H2,24,25,29). The molecule has 7 nitrogen and oxygen atoms in total. The lowest BCUT2D eigenvalue weighted by molar-refractivity contribution is 0.0600. The van der Waals surface area contributed by atoms with Crippen LogP contribution in [0.15, 0.2) is 35.7 Å². The van der Waals surface area contributed by atoms with E-state index in [9.17, 15) is 9.59 Å². The van der Waals surface area contributed by atoms with Crippen molar-refractivity contribution < 1.29 is 14.3 Å². The Hall–Kier alpha value is -2.58. The van der Waals surface area contributed by atoms with E-state index in [1.165, 1.54) is 24.8 Å². The Kier molecular flexibility index (Phi) is 7.09. The molecule has 0 radical (unpaired) electrons. The van der Waals surface area contributed by atoms with Crippen molar-refractivity contribution >= 4 is 34.7 Å². The number of thiophene rings is 1. The summed E-state index contributed by atoms with van der Waals surface area (Å²) in [6, 6.07) is 9.48. The number of anilines is 2. The molecule has 2 amide bonds. The molecule has 2 aromatic rings. The van der Waals surface area contributed by atoms with Gasteiger partial charge in [-0.05, 0) is 68.4 Å². The normalized spacial score (nSPS) is 17.5. The summed E-state index contributed by atoms with van der Waals surface area (Å²) in [6.45, 7) is 4.56. The van der Waals surface area contributed by atoms with Crippen LogP contribution in [0.4, 0.5) is 16.2 Å². The van der Waals surface area contributed by atoms with Crippen molar-refractivity contribution in [2.75, 3.05) is 50.1 Å². The number of carbonyl (C=O) groups is 2. The zero-order valence-electron chi connectivity index (χ0n) is 17.9. The van der Waals surface area contributed by atoms with Crippen LogP contribution in [-0.2, 0) is 4.74 Å². The minimum absolute atomic E-state index is 0.188. The van der Waals surface area contributed by atoms with Gasteiger partial charge in [0.25, 0.3) is 0 Å². The second-order valence-electron chi connectivity index (χ2n) is 8.03. The molecule has 166 valence electrons. The van der Waals surface area contributed by atoms with Crippen molar-refractivity contribution in [3.05, 3.63) is 46.2 Å². The number of hydrogen-bond donors (Lipinski definition) is 2. The summed E-state index contributed by atoms with van der Waals surface area (Å²) in [4.78, 5) is 30.8. The fourth-order valence-corrected chi connectivity index (χ4v) is 5.28. The van der Waals surface area contributed by atoms with E-state index in [1.54, 1.807) is 23.5 Å². The van der Waals surface area contributed by atoms with E-state index in [0.717, 1.165) is 44.7 Å². The summed E-state index contributed by atoms with van der Waals surface area (Å²) in [7, 11) is 1.36. The molecule has 8 heteroatoms. The first-order valence-corrected chi connectivity index (χ1v) is 11.8. The highest BCUT2D eigenvalue weighted by molar-refractivity contribution is 7.10. The maximum Gasteiger partial charge on any atom is 0.337 e. The molecule has 2 saturated heterocycles. The van der Waals surface area contributed by atoms with E-state index < -0.39 is 5.97 Å². The predicted molar refractivity (Wildman–Crippen MR) is 124 cm³/mol. The van der Waals surface area contributed by atoms with Crippen LogP contribution in [0.2, 0.25) is 0 Å². The molecular weight excluding hydrogens is 412 g/mol. The van der Waals surface area contributed by atoms with Gasteiger partial charge in [-0.15, -0.1) is 11.3 Å². The summed E-state index contributed by atoms with van der Waals surface area (Å²) in [5.41, 5.74) is 2.00. The Morgan fingerprint density at radius 3 is 2.52 bits per heavy atom. The number of carbonyl (C=O) groups excluding carboxylic acids is 2. The second kappa shape index (κ2) is 10.2. The number of urea groups is 1. The van der Waals surface area contributed by atoms with Crippen LogP contribution in [0.3, 0.4) is 0 Å². The van der Waals surface area contributed by atoms with Gasteiger partial charge in [0.2, 0.25) is 0 Å². The Morgan fingerprint density at radius 2 is 1.84 bits per heavy atom. The van der Waals surface area contributed by atoms with Gasteiger partial charge in [0.1, 0.15) is 0 Å². The van der Waals surface area contributed by atoms with Gasteiger partial charge in [-0.3, -0.25) is 4.90 Å². The Morgan fingerprint density at radius 1 is 1.10 bits per heavy atom. The third kappa shape index (κ3) is 5.19. The van der Waals surface area contributed by atoms with Gasteiger partial charge in [-0.2, -0.15) is 0 Å². The molecule has 2 aliphatic heterocycles. The summed E-state index contributed by atoms with van der Waals surface area (Å²) in [6.07, 6.45) is 4.66. The van der Waals surface area contributed by atoms with Gasteiger partial charge < -0.3 is 20.3 Å². The third-order valence-corrected chi connectivity index (χ3v) is 7.00. The zero-order valence-corrected chi connectivity index (χ0v) is 18.7. The van der Waals surface area contributed by atoms with Crippen molar-refractivity contribution in [1.82, 2.24) is 10.2 Å². The summed E-state index contributed by atoms with van der Waals surface area (Å²) >= 11 is 1.73. The molecule has 2 aliphatic rings. The molecule has 1 aromatic heterocycles. The molecule has 2 N–H and O–H groups in total. The van der Waals surface area contributed by atoms with Crippen molar-refractivity contribution in [2.45, 2.75) is 31.7 Å². The third-order valence-electron chi connectivity index (χ3n) is 6.02. The fraction of sp³-hybridized carbons (Fsp3) is 0.478. The number of esters is 1. The lowest BCUT2D eigenvalue weighted by Gasteiger charge is -2.27. The highest BCUT2D eigenvalue weighted by atomic mass is 32.1. The van der Waals surface area contributed by atoms with Gasteiger partial charge >= 0.3 is 12.0 Å². The predicted octanol–water partition coefficient (Wildman–Crippen LogP) is 4.09. The average Bonchev–Trinajstić information content (AvgIpc) is 3.57. The number of benzene rings is 1. The first-order chi connectivity index (χ1) is 15.2. The molecule has 31 heavy (non-hydrogen) atoms. The maximum atomic E-state index is 12.8. The van der Waals surface area contributed by atoms with E-state index in [1.807, 2.05) is 6.07 Å². The number of hydrogen-bond acceptors (Lipinski definition) is 6. The second-order valence-corrected chi connectivity index (χ2v) is 9.01. The van der Waals surface area contributed by atoms with Gasteiger partial charge in [0, 0.05) is 24.5 Å². The van der Waals surface area contributed by atoms with Crippen LogP contribution in [0.25, 0.3) is 0 Å². The molecule has 3 heterocycles. The van der Waals surface area contributed by atoms with Crippen molar-refractivity contribution in [3.63, 3.8) is 0 Å².